The van der Waals surface area contributed by atoms with Crippen LogP contribution in [0.1, 0.15) is 39.0 Å². The number of hydrogen-bond donors (Lipinski definition) is 2. The molecular weight excluding hydrogens is 240 g/mol. The predicted octanol–water partition coefficient (Wildman–Crippen LogP) is 0.972. The molecule has 1 unspecified atom stereocenters. The van der Waals surface area contributed by atoms with Crippen LogP contribution in [-0.4, -0.2) is 43.4 Å². The van der Waals surface area contributed by atoms with Gasteiger partial charge in [-0.05, 0) is 18.8 Å². The topological polar surface area (TPSA) is 74.6 Å². The highest BCUT2D eigenvalue weighted by Gasteiger charge is 2.43. The Bertz CT molecular complexity index is 319. The normalized spacial score (nSPS) is 24.1. The summed E-state index contributed by atoms with van der Waals surface area (Å²) in [6, 6.07) is 0. The fraction of sp³-hybridized carbons (Fsp3) is 1.00. The number of aliphatic hydroxyl groups is 2. The number of aliphatic hydroxyl groups excluding tert-OH is 2. The highest BCUT2D eigenvalue weighted by molar-refractivity contribution is 7.91. The third-order valence-corrected chi connectivity index (χ3v) is 5.77. The third-order valence-electron chi connectivity index (χ3n) is 4.01. The van der Waals surface area contributed by atoms with E-state index in [0.717, 1.165) is 19.3 Å². The van der Waals surface area contributed by atoms with E-state index in [-0.39, 0.29) is 30.6 Å². The van der Waals surface area contributed by atoms with Gasteiger partial charge in [-0.25, -0.2) is 8.42 Å². The van der Waals surface area contributed by atoms with Crippen molar-refractivity contribution in [3.05, 3.63) is 0 Å². The quantitative estimate of drug-likeness (QED) is 0.672. The second-order valence-corrected chi connectivity index (χ2v) is 7.46. The Hall–Kier alpha value is -0.130. The van der Waals surface area contributed by atoms with Crippen molar-refractivity contribution in [2.45, 2.75) is 39.0 Å². The summed E-state index contributed by atoms with van der Waals surface area (Å²) in [5, 5.41) is 19.1. The van der Waals surface area contributed by atoms with Crippen LogP contribution in [0.15, 0.2) is 0 Å². The van der Waals surface area contributed by atoms with Gasteiger partial charge in [-0.15, -0.1) is 0 Å². The fourth-order valence-electron chi connectivity index (χ4n) is 2.68. The van der Waals surface area contributed by atoms with Gasteiger partial charge < -0.3 is 10.2 Å². The third kappa shape index (κ3) is 3.66. The number of sulfone groups is 1. The standard InChI is InChI=1S/C12H24O4S/c1-2-3-4-6-12(9-13,10-14)11-5-7-17(15,16)8-11/h11,13-14H,2-10H2,1H3. The lowest BCUT2D eigenvalue weighted by Gasteiger charge is -2.35. The van der Waals surface area contributed by atoms with Gasteiger partial charge in [0, 0.05) is 5.41 Å². The van der Waals surface area contributed by atoms with Gasteiger partial charge in [0.25, 0.3) is 0 Å². The molecule has 102 valence electrons. The SMILES string of the molecule is CCCCCC(CO)(CO)C1CCS(=O)(=O)C1. The molecule has 1 aliphatic heterocycles. The van der Waals surface area contributed by atoms with Crippen LogP contribution < -0.4 is 0 Å². The molecule has 1 aliphatic rings. The molecule has 2 N–H and O–H groups in total. The maximum Gasteiger partial charge on any atom is 0.150 e. The molecule has 0 aromatic rings. The highest BCUT2D eigenvalue weighted by Crippen LogP contribution is 2.39. The van der Waals surface area contributed by atoms with Crippen LogP contribution in [0.2, 0.25) is 0 Å². The second kappa shape index (κ2) is 6.16. The zero-order valence-electron chi connectivity index (χ0n) is 10.6. The van der Waals surface area contributed by atoms with Gasteiger partial charge in [-0.2, -0.15) is 0 Å². The molecular formula is C12H24O4S. The van der Waals surface area contributed by atoms with Crippen molar-refractivity contribution in [2.75, 3.05) is 24.7 Å². The van der Waals surface area contributed by atoms with Crippen LogP contribution >= 0.6 is 0 Å². The molecule has 17 heavy (non-hydrogen) atoms. The molecule has 0 amide bonds. The van der Waals surface area contributed by atoms with Crippen LogP contribution in [0.3, 0.4) is 0 Å². The van der Waals surface area contributed by atoms with Crippen molar-refractivity contribution in [1.29, 1.82) is 0 Å². The number of hydrogen-bond acceptors (Lipinski definition) is 4. The van der Waals surface area contributed by atoms with Gasteiger partial charge in [0.1, 0.15) is 0 Å². The zero-order valence-corrected chi connectivity index (χ0v) is 11.4. The highest BCUT2D eigenvalue weighted by atomic mass is 32.2. The van der Waals surface area contributed by atoms with Crippen LogP contribution in [-0.2, 0) is 9.84 Å². The van der Waals surface area contributed by atoms with E-state index in [9.17, 15) is 18.6 Å². The molecule has 1 atom stereocenters. The van der Waals surface area contributed by atoms with Gasteiger partial charge in [0.2, 0.25) is 0 Å². The Balaban J connectivity index is 2.70. The molecule has 5 heteroatoms. The smallest absolute Gasteiger partial charge is 0.150 e. The monoisotopic (exact) mass is 264 g/mol. The predicted molar refractivity (Wildman–Crippen MR) is 67.5 cm³/mol. The van der Waals surface area contributed by atoms with Crippen molar-refractivity contribution in [3.8, 4) is 0 Å². The Morgan fingerprint density at radius 2 is 1.88 bits per heavy atom. The van der Waals surface area contributed by atoms with E-state index >= 15 is 0 Å². The van der Waals surface area contributed by atoms with Gasteiger partial charge in [-0.3, -0.25) is 0 Å². The van der Waals surface area contributed by atoms with E-state index in [2.05, 4.69) is 6.92 Å². The van der Waals surface area contributed by atoms with E-state index in [1.54, 1.807) is 0 Å². The first-order valence-corrected chi connectivity index (χ1v) is 8.24. The van der Waals surface area contributed by atoms with Crippen molar-refractivity contribution < 1.29 is 18.6 Å². The van der Waals surface area contributed by atoms with Crippen LogP contribution in [0.4, 0.5) is 0 Å². The molecule has 4 nitrogen and oxygen atoms in total. The first-order valence-electron chi connectivity index (χ1n) is 6.42. The first-order chi connectivity index (χ1) is 7.99. The maximum atomic E-state index is 11.5. The fourth-order valence-corrected chi connectivity index (χ4v) is 4.62. The summed E-state index contributed by atoms with van der Waals surface area (Å²) in [7, 11) is -2.95. The summed E-state index contributed by atoms with van der Waals surface area (Å²) < 4.78 is 23.0. The molecule has 0 spiro atoms. The summed E-state index contributed by atoms with van der Waals surface area (Å²) in [5.41, 5.74) is -0.598. The van der Waals surface area contributed by atoms with Gasteiger partial charge in [-0.1, -0.05) is 26.2 Å². The van der Waals surface area contributed by atoms with E-state index in [1.807, 2.05) is 0 Å². The molecule has 0 aromatic heterocycles. The summed E-state index contributed by atoms with van der Waals surface area (Å²) in [6.45, 7) is 1.86. The zero-order chi connectivity index (χ0) is 12.9. The lowest BCUT2D eigenvalue weighted by Crippen LogP contribution is -2.38. The Labute approximate surface area is 104 Å². The largest absolute Gasteiger partial charge is 0.396 e. The molecule has 0 aliphatic carbocycles. The van der Waals surface area contributed by atoms with E-state index < -0.39 is 15.3 Å². The van der Waals surface area contributed by atoms with Gasteiger partial charge in [0.05, 0.1) is 24.7 Å². The first kappa shape index (κ1) is 14.9. The Morgan fingerprint density at radius 3 is 2.29 bits per heavy atom. The molecule has 1 fully saturated rings. The van der Waals surface area contributed by atoms with Crippen molar-refractivity contribution in [3.63, 3.8) is 0 Å². The lowest BCUT2D eigenvalue weighted by atomic mass is 9.72. The summed E-state index contributed by atoms with van der Waals surface area (Å²) in [4.78, 5) is 0. The van der Waals surface area contributed by atoms with Crippen molar-refractivity contribution in [2.24, 2.45) is 11.3 Å². The van der Waals surface area contributed by atoms with Crippen molar-refractivity contribution >= 4 is 9.84 Å². The number of unbranched alkanes of at least 4 members (excludes halogenated alkanes) is 2. The second-order valence-electron chi connectivity index (χ2n) is 5.24. The Kier molecular flexibility index (Phi) is 5.41. The van der Waals surface area contributed by atoms with Crippen LogP contribution in [0.5, 0.6) is 0 Å². The molecule has 0 saturated carbocycles. The van der Waals surface area contributed by atoms with Crippen LogP contribution in [0, 0.1) is 11.3 Å². The average Bonchev–Trinajstić information content (AvgIpc) is 2.66. The van der Waals surface area contributed by atoms with Crippen LogP contribution in [0.25, 0.3) is 0 Å². The molecule has 0 bridgehead atoms. The summed E-state index contributed by atoms with van der Waals surface area (Å²) >= 11 is 0. The van der Waals surface area contributed by atoms with Crippen molar-refractivity contribution in [1.82, 2.24) is 0 Å². The lowest BCUT2D eigenvalue weighted by molar-refractivity contribution is 0.00318. The summed E-state index contributed by atoms with van der Waals surface area (Å²) in [5.74, 6) is 0.243. The van der Waals surface area contributed by atoms with Gasteiger partial charge in [0.15, 0.2) is 9.84 Å². The average molecular weight is 264 g/mol. The van der Waals surface area contributed by atoms with Gasteiger partial charge >= 0.3 is 0 Å². The molecule has 1 heterocycles. The Morgan fingerprint density at radius 1 is 1.24 bits per heavy atom. The summed E-state index contributed by atoms with van der Waals surface area (Å²) in [6.07, 6.45) is 4.37. The van der Waals surface area contributed by atoms with E-state index in [4.69, 9.17) is 0 Å². The van der Waals surface area contributed by atoms with E-state index in [0.29, 0.717) is 12.8 Å². The molecule has 0 aromatic carbocycles. The maximum absolute atomic E-state index is 11.5. The minimum atomic E-state index is -2.95. The van der Waals surface area contributed by atoms with E-state index in [1.165, 1.54) is 0 Å². The minimum absolute atomic E-state index is 0.0839. The number of rotatable bonds is 7. The molecule has 1 rings (SSSR count). The molecule has 1 saturated heterocycles. The minimum Gasteiger partial charge on any atom is -0.396 e. The molecule has 0 radical (unpaired) electrons.